The molecule has 3 N–H and O–H groups in total. The van der Waals surface area contributed by atoms with Crippen molar-refractivity contribution in [1.29, 1.82) is 0 Å². The van der Waals surface area contributed by atoms with Gasteiger partial charge in [-0.2, -0.15) is 13.6 Å². The highest BCUT2D eigenvalue weighted by molar-refractivity contribution is 7.84. The summed E-state index contributed by atoms with van der Waals surface area (Å²) in [5.41, 5.74) is 1.05. The molecule has 6 nitrogen and oxygen atoms in total. The minimum absolute atomic E-state index is 0.130. The first-order chi connectivity index (χ1) is 15.4. The lowest BCUT2D eigenvalue weighted by atomic mass is 10.0. The van der Waals surface area contributed by atoms with Gasteiger partial charge in [-0.25, -0.2) is 0 Å². The highest BCUT2D eigenvalue weighted by Crippen LogP contribution is 2.15. The van der Waals surface area contributed by atoms with Crippen molar-refractivity contribution >= 4 is 16.2 Å². The topological polar surface area (TPSA) is 98.5 Å². The third-order valence-electron chi connectivity index (χ3n) is 5.61. The van der Waals surface area contributed by atoms with E-state index in [0.717, 1.165) is 31.2 Å². The minimum Gasteiger partial charge on any atom is -0.371 e. The Labute approximate surface area is 195 Å². The van der Waals surface area contributed by atoms with Gasteiger partial charge in [-0.1, -0.05) is 96.1 Å². The predicted octanol–water partition coefficient (Wildman–Crippen LogP) is 5.80. The second-order valence-electron chi connectivity index (χ2n) is 8.67. The van der Waals surface area contributed by atoms with Crippen molar-refractivity contribution in [3.05, 3.63) is 29.8 Å². The molecular weight excluding hydrogens is 424 g/mol. The fourth-order valence-electron chi connectivity index (χ4n) is 3.76. The van der Waals surface area contributed by atoms with Crippen LogP contribution in [-0.4, -0.2) is 20.9 Å². The first kappa shape index (κ1) is 28.4. The maximum Gasteiger partial charge on any atom is 0.380 e. The third kappa shape index (κ3) is 17.0. The van der Waals surface area contributed by atoms with Gasteiger partial charge in [0.15, 0.2) is 0 Å². The molecule has 7 heteroatoms. The van der Waals surface area contributed by atoms with Crippen LogP contribution in [0.5, 0.6) is 5.75 Å². The van der Waals surface area contributed by atoms with Crippen molar-refractivity contribution in [2.45, 2.75) is 110 Å². The largest absolute Gasteiger partial charge is 0.380 e. The zero-order valence-electron chi connectivity index (χ0n) is 19.9. The molecule has 32 heavy (non-hydrogen) atoms. The van der Waals surface area contributed by atoms with Crippen LogP contribution in [0.15, 0.2) is 24.3 Å². The van der Waals surface area contributed by atoms with E-state index in [1.54, 1.807) is 24.3 Å². The molecule has 0 aliphatic rings. The van der Waals surface area contributed by atoms with E-state index in [1.165, 1.54) is 70.6 Å². The first-order valence-corrected chi connectivity index (χ1v) is 14.0. The van der Waals surface area contributed by atoms with Gasteiger partial charge in [0.2, 0.25) is 5.91 Å². The van der Waals surface area contributed by atoms with Gasteiger partial charge in [0, 0.05) is 13.0 Å². The van der Waals surface area contributed by atoms with Crippen LogP contribution in [0.2, 0.25) is 0 Å². The Hall–Kier alpha value is -1.60. The molecule has 1 aromatic rings. The average Bonchev–Trinajstić information content (AvgIpc) is 2.74. The van der Waals surface area contributed by atoms with Crippen LogP contribution in [0, 0.1) is 0 Å². The number of benzene rings is 1. The maximum absolute atomic E-state index is 11.9. The Balaban J connectivity index is 1.91. The van der Waals surface area contributed by atoms with Gasteiger partial charge in [0.1, 0.15) is 5.75 Å². The lowest BCUT2D eigenvalue weighted by Gasteiger charge is -2.07. The number of carbonyl (C=O) groups excluding carboxylic acids is 1. The third-order valence-corrected chi connectivity index (χ3v) is 6.03. The molecule has 184 valence electrons. The number of aryl methyl sites for hydroxylation is 1. The summed E-state index contributed by atoms with van der Waals surface area (Å²) >= 11 is 0. The summed E-state index contributed by atoms with van der Waals surface area (Å²) in [5, 5.41) is 7.82. The van der Waals surface area contributed by atoms with Crippen molar-refractivity contribution in [1.82, 2.24) is 5.32 Å². The summed E-state index contributed by atoms with van der Waals surface area (Å²) in [7, 11) is -3.99. The van der Waals surface area contributed by atoms with E-state index in [4.69, 9.17) is 5.14 Å². The zero-order chi connectivity index (χ0) is 23.5. The summed E-state index contributed by atoms with van der Waals surface area (Å²) in [5.74, 6) is 0.326. The lowest BCUT2D eigenvalue weighted by Crippen LogP contribution is -2.24. The molecule has 1 rings (SSSR count). The fraction of sp³-hybridized carbons (Fsp3) is 0.720. The van der Waals surface area contributed by atoms with Gasteiger partial charge < -0.3 is 9.50 Å². The molecule has 0 fully saturated rings. The zero-order valence-corrected chi connectivity index (χ0v) is 20.8. The number of carbonyl (C=O) groups is 1. The lowest BCUT2D eigenvalue weighted by molar-refractivity contribution is -0.121. The monoisotopic (exact) mass is 468 g/mol. The Morgan fingerprint density at radius 1 is 0.812 bits per heavy atom. The second-order valence-corrected chi connectivity index (χ2v) is 9.82. The van der Waals surface area contributed by atoms with Gasteiger partial charge in [-0.3, -0.25) is 4.79 Å². The summed E-state index contributed by atoms with van der Waals surface area (Å²) in [6.07, 6.45) is 19.2. The molecule has 0 heterocycles. The first-order valence-electron chi connectivity index (χ1n) is 12.5. The van der Waals surface area contributed by atoms with E-state index < -0.39 is 10.3 Å². The summed E-state index contributed by atoms with van der Waals surface area (Å²) in [6, 6.07) is 6.76. The number of nitrogens with two attached hydrogens (primary N) is 1. The highest BCUT2D eigenvalue weighted by atomic mass is 32.2. The fourth-order valence-corrected chi connectivity index (χ4v) is 4.14. The molecular formula is C25H44N2O4S. The normalized spacial score (nSPS) is 11.4. The summed E-state index contributed by atoms with van der Waals surface area (Å²) in [6.45, 7) is 2.91. The molecule has 0 atom stereocenters. The van der Waals surface area contributed by atoms with E-state index in [9.17, 15) is 13.2 Å². The van der Waals surface area contributed by atoms with Gasteiger partial charge >= 0.3 is 10.3 Å². The number of rotatable bonds is 20. The van der Waals surface area contributed by atoms with Crippen molar-refractivity contribution in [3.8, 4) is 5.75 Å². The minimum atomic E-state index is -3.99. The van der Waals surface area contributed by atoms with E-state index in [-0.39, 0.29) is 11.7 Å². The molecule has 0 aliphatic heterocycles. The molecule has 1 amide bonds. The van der Waals surface area contributed by atoms with Crippen LogP contribution < -0.4 is 14.6 Å². The maximum atomic E-state index is 11.9. The highest BCUT2D eigenvalue weighted by Gasteiger charge is 2.05. The van der Waals surface area contributed by atoms with E-state index in [1.807, 2.05) is 0 Å². The van der Waals surface area contributed by atoms with Crippen LogP contribution in [0.4, 0.5) is 0 Å². The number of nitrogens with one attached hydrogen (secondary N) is 1. The van der Waals surface area contributed by atoms with E-state index >= 15 is 0 Å². The van der Waals surface area contributed by atoms with Crippen LogP contribution in [0.3, 0.4) is 0 Å². The number of amides is 1. The molecule has 0 radical (unpaired) electrons. The molecule has 1 aromatic carbocycles. The van der Waals surface area contributed by atoms with Crippen molar-refractivity contribution in [2.24, 2.45) is 5.14 Å². The summed E-state index contributed by atoms with van der Waals surface area (Å²) in [4.78, 5) is 11.9. The van der Waals surface area contributed by atoms with Crippen molar-refractivity contribution < 1.29 is 17.4 Å². The molecule has 0 bridgehead atoms. The van der Waals surface area contributed by atoms with Gasteiger partial charge in [0.25, 0.3) is 0 Å². The van der Waals surface area contributed by atoms with Crippen LogP contribution in [0.1, 0.15) is 109 Å². The van der Waals surface area contributed by atoms with Crippen LogP contribution in [-0.2, 0) is 21.5 Å². The Kier molecular flexibility index (Phi) is 15.9. The van der Waals surface area contributed by atoms with Gasteiger partial charge in [-0.15, -0.1) is 0 Å². The number of unbranched alkanes of at least 4 members (excludes halogenated alkanes) is 12. The molecule has 0 aromatic heterocycles. The molecule has 0 spiro atoms. The Bertz CT molecular complexity index is 705. The Morgan fingerprint density at radius 3 is 1.81 bits per heavy atom. The average molecular weight is 469 g/mol. The molecule has 0 saturated heterocycles. The smallest absolute Gasteiger partial charge is 0.371 e. The van der Waals surface area contributed by atoms with E-state index in [2.05, 4.69) is 16.4 Å². The summed E-state index contributed by atoms with van der Waals surface area (Å²) < 4.78 is 26.4. The van der Waals surface area contributed by atoms with Crippen LogP contribution >= 0.6 is 0 Å². The van der Waals surface area contributed by atoms with Crippen LogP contribution in [0.25, 0.3) is 0 Å². The van der Waals surface area contributed by atoms with E-state index in [0.29, 0.717) is 13.0 Å². The van der Waals surface area contributed by atoms with Crippen molar-refractivity contribution in [3.63, 3.8) is 0 Å². The predicted molar refractivity (Wildman–Crippen MR) is 132 cm³/mol. The second kappa shape index (κ2) is 17.9. The molecule has 0 unspecified atom stereocenters. The van der Waals surface area contributed by atoms with Gasteiger partial charge in [0.05, 0.1) is 0 Å². The van der Waals surface area contributed by atoms with Crippen molar-refractivity contribution in [2.75, 3.05) is 6.54 Å². The quantitative estimate of drug-likeness (QED) is 0.236. The molecule has 0 aliphatic carbocycles. The number of hydrogen-bond donors (Lipinski definition) is 2. The molecule has 0 saturated carbocycles. The standard InChI is InChI=1S/C25H44N2O4S/c1-2-3-4-5-6-7-8-9-10-11-12-13-14-17-25(28)27-22-15-16-23-18-20-24(21-19-23)31-32(26,29)30/h18-21H,2-17,22H2,1H3,(H,27,28)(H2,26,29,30). The van der Waals surface area contributed by atoms with Gasteiger partial charge in [-0.05, 0) is 37.0 Å². The SMILES string of the molecule is CCCCCCCCCCCCCCCC(=O)NCCCc1ccc(OS(N)(=O)=O)cc1. The number of hydrogen-bond acceptors (Lipinski definition) is 4. The Morgan fingerprint density at radius 2 is 1.31 bits per heavy atom.